The Balaban J connectivity index is 2.05. The normalized spacial score (nSPS) is 11.4. The van der Waals surface area contributed by atoms with Crippen LogP contribution < -0.4 is 9.04 Å². The fraction of sp³-hybridized carbons (Fsp3) is 0.320. The molecule has 0 aliphatic heterocycles. The maximum atomic E-state index is 14.9. The van der Waals surface area contributed by atoms with Crippen LogP contribution in [0.2, 0.25) is 0 Å². The van der Waals surface area contributed by atoms with Crippen molar-refractivity contribution in [3.8, 4) is 5.75 Å². The van der Waals surface area contributed by atoms with Crippen LogP contribution >= 0.6 is 11.3 Å². The number of Topliss-reactive ketones (excluding diaryl/α,β-unsaturated/α-hetero) is 1. The number of ketones is 1. The van der Waals surface area contributed by atoms with Crippen LogP contribution in [-0.2, 0) is 32.5 Å². The van der Waals surface area contributed by atoms with Gasteiger partial charge in [0, 0.05) is 11.3 Å². The van der Waals surface area contributed by atoms with Crippen LogP contribution in [0.1, 0.15) is 42.4 Å². The van der Waals surface area contributed by atoms with Gasteiger partial charge in [0.25, 0.3) is 10.0 Å². The van der Waals surface area contributed by atoms with E-state index in [1.165, 1.54) is 24.8 Å². The Morgan fingerprint density at radius 2 is 1.87 bits per heavy atom. The average molecular weight is 576 g/mol. The predicted molar refractivity (Wildman–Crippen MR) is 143 cm³/mol. The van der Waals surface area contributed by atoms with Gasteiger partial charge in [-0.05, 0) is 61.7 Å². The minimum Gasteiger partial charge on any atom is -0.497 e. The minimum absolute atomic E-state index is 0.00547. The quantitative estimate of drug-likeness (QED) is 0.134. The van der Waals surface area contributed by atoms with Crippen LogP contribution in [-0.4, -0.2) is 44.4 Å². The molecular weight excluding hydrogens is 549 g/mol. The monoisotopic (exact) mass is 575 g/mol. The van der Waals surface area contributed by atoms with E-state index in [2.05, 4.69) is 15.0 Å². The van der Waals surface area contributed by atoms with Gasteiger partial charge in [-0.1, -0.05) is 23.3 Å². The predicted octanol–water partition coefficient (Wildman–Crippen LogP) is 5.06. The number of hydrogen-bond acceptors (Lipinski definition) is 9. The Bertz CT molecular complexity index is 1510. The summed E-state index contributed by atoms with van der Waals surface area (Å²) < 4.78 is 54.3. The van der Waals surface area contributed by atoms with Crippen molar-refractivity contribution in [2.24, 2.45) is 5.11 Å². The van der Waals surface area contributed by atoms with Crippen molar-refractivity contribution in [2.45, 2.75) is 44.2 Å². The highest BCUT2D eigenvalue weighted by molar-refractivity contribution is 7.93. The number of thiazole rings is 1. The summed E-state index contributed by atoms with van der Waals surface area (Å²) in [5.41, 5.74) is 9.13. The molecule has 0 aliphatic carbocycles. The van der Waals surface area contributed by atoms with E-state index < -0.39 is 44.6 Å². The molecule has 0 bridgehead atoms. The zero-order valence-electron chi connectivity index (χ0n) is 21.6. The van der Waals surface area contributed by atoms with E-state index in [9.17, 15) is 22.4 Å². The molecule has 206 valence electrons. The lowest BCUT2D eigenvalue weighted by atomic mass is 10.1. The van der Waals surface area contributed by atoms with Crippen LogP contribution in [0.15, 0.2) is 58.0 Å². The van der Waals surface area contributed by atoms with Gasteiger partial charge in [0.2, 0.25) is 0 Å². The molecule has 14 heteroatoms. The fourth-order valence-electron chi connectivity index (χ4n) is 3.38. The van der Waals surface area contributed by atoms with Crippen LogP contribution in [0.4, 0.5) is 9.39 Å². The molecule has 0 amide bonds. The summed E-state index contributed by atoms with van der Waals surface area (Å²) in [6.45, 7) is 4.35. The molecule has 0 atom stereocenters. The smallest absolute Gasteiger partial charge is 0.360 e. The first-order chi connectivity index (χ1) is 18.4. The van der Waals surface area contributed by atoms with E-state index in [-0.39, 0.29) is 29.2 Å². The number of halogens is 1. The summed E-state index contributed by atoms with van der Waals surface area (Å²) in [6.07, 6.45) is -0.377. The van der Waals surface area contributed by atoms with Gasteiger partial charge in [-0.15, -0.1) is 11.3 Å². The molecule has 2 aromatic carbocycles. The summed E-state index contributed by atoms with van der Waals surface area (Å²) in [4.78, 5) is 30.9. The number of rotatable bonds is 11. The number of aromatic nitrogens is 1. The van der Waals surface area contributed by atoms with Gasteiger partial charge in [-0.25, -0.2) is 22.6 Å². The second kappa shape index (κ2) is 12.2. The fourth-order valence-corrected chi connectivity index (χ4v) is 5.87. The number of carbonyl (C=O) groups is 2. The van der Waals surface area contributed by atoms with Gasteiger partial charge in [-0.2, -0.15) is 0 Å². The third-order valence-corrected chi connectivity index (χ3v) is 7.87. The lowest BCUT2D eigenvalue weighted by Crippen LogP contribution is -2.32. The number of azide groups is 1. The number of nitrogens with zero attached hydrogens (tertiary/aromatic N) is 5. The highest BCUT2D eigenvalue weighted by atomic mass is 32.2. The summed E-state index contributed by atoms with van der Waals surface area (Å²) in [6, 6.07) is 9.80. The highest BCUT2D eigenvalue weighted by Gasteiger charge is 2.33. The first-order valence-electron chi connectivity index (χ1n) is 11.5. The van der Waals surface area contributed by atoms with Crippen molar-refractivity contribution in [3.63, 3.8) is 0 Å². The summed E-state index contributed by atoms with van der Waals surface area (Å²) in [7, 11) is -2.95. The molecule has 39 heavy (non-hydrogen) atoms. The molecule has 0 radical (unpaired) electrons. The second-order valence-electron chi connectivity index (χ2n) is 9.23. The first-order valence-corrected chi connectivity index (χ1v) is 13.8. The van der Waals surface area contributed by atoms with Crippen molar-refractivity contribution >= 4 is 38.1 Å². The molecule has 0 saturated heterocycles. The number of methoxy groups -OCH3 is 1. The van der Waals surface area contributed by atoms with Crippen LogP contribution in [0.5, 0.6) is 5.75 Å². The zero-order valence-corrected chi connectivity index (χ0v) is 23.3. The molecule has 3 rings (SSSR count). The van der Waals surface area contributed by atoms with E-state index in [1.54, 1.807) is 45.0 Å². The number of esters is 1. The van der Waals surface area contributed by atoms with Crippen LogP contribution in [0.25, 0.3) is 10.4 Å². The van der Waals surface area contributed by atoms with Gasteiger partial charge in [0.1, 0.15) is 28.0 Å². The Morgan fingerprint density at radius 3 is 2.46 bits per heavy atom. The lowest BCUT2D eigenvalue weighted by molar-refractivity contribution is -0.117. The molecule has 0 aliphatic rings. The molecule has 0 saturated carbocycles. The largest absolute Gasteiger partial charge is 0.497 e. The molecule has 1 heterocycles. The van der Waals surface area contributed by atoms with E-state index in [1.807, 2.05) is 0 Å². The van der Waals surface area contributed by atoms with Gasteiger partial charge in [0.05, 0.1) is 30.6 Å². The number of benzene rings is 2. The molecular formula is C25H26FN5O6S2. The molecule has 0 N–H and O–H groups in total. The maximum Gasteiger partial charge on any atom is 0.360 e. The van der Waals surface area contributed by atoms with Crippen molar-refractivity contribution in [1.29, 1.82) is 0 Å². The standard InChI is InChI=1S/C25H26FN5O6S2/c1-25(2,3)37-24(33)22-23(38-15-28-22)31(14-16-5-8-19(36-4)9-6-16)39(34,35)20-10-7-17(21(26)12-20)11-18(32)13-29-30-27/h5-10,12,15H,11,13-14H2,1-4H3. The number of sulfonamides is 1. The van der Waals surface area contributed by atoms with E-state index in [4.69, 9.17) is 15.0 Å². The van der Waals surface area contributed by atoms with Gasteiger partial charge >= 0.3 is 5.97 Å². The first kappa shape index (κ1) is 29.6. The molecule has 0 fully saturated rings. The van der Waals surface area contributed by atoms with Gasteiger partial charge in [-0.3, -0.25) is 9.10 Å². The zero-order chi connectivity index (χ0) is 28.8. The Labute approximate surface area is 228 Å². The van der Waals surface area contributed by atoms with E-state index in [0.717, 1.165) is 21.7 Å². The maximum absolute atomic E-state index is 14.9. The number of anilines is 1. The van der Waals surface area contributed by atoms with Crippen LogP contribution in [0, 0.1) is 5.82 Å². The Kier molecular flexibility index (Phi) is 9.28. The SMILES string of the molecule is COc1ccc(CN(c2scnc2C(=O)OC(C)(C)C)S(=O)(=O)c2ccc(CC(=O)CN=[N+]=[N-])c(F)c2)cc1. The highest BCUT2D eigenvalue weighted by Crippen LogP contribution is 2.34. The minimum atomic E-state index is -4.45. The molecule has 3 aromatic rings. The average Bonchev–Trinajstić information content (AvgIpc) is 3.36. The van der Waals surface area contributed by atoms with E-state index in [0.29, 0.717) is 11.3 Å². The van der Waals surface area contributed by atoms with Crippen molar-refractivity contribution in [3.05, 3.63) is 81.1 Å². The molecule has 0 spiro atoms. The number of hydrogen-bond donors (Lipinski definition) is 0. The second-order valence-corrected chi connectivity index (χ2v) is 11.9. The van der Waals surface area contributed by atoms with Crippen LogP contribution in [0.3, 0.4) is 0 Å². The van der Waals surface area contributed by atoms with Gasteiger partial charge < -0.3 is 9.47 Å². The number of carbonyl (C=O) groups excluding carboxylic acids is 2. The van der Waals surface area contributed by atoms with Gasteiger partial charge in [0.15, 0.2) is 5.69 Å². The van der Waals surface area contributed by atoms with Crippen molar-refractivity contribution in [1.82, 2.24) is 4.98 Å². The summed E-state index contributed by atoms with van der Waals surface area (Å²) in [5.74, 6) is -1.71. The Hall–Kier alpha value is -4.00. The molecule has 11 nitrogen and oxygen atoms in total. The molecule has 1 aromatic heterocycles. The summed E-state index contributed by atoms with van der Waals surface area (Å²) in [5, 5.41) is 3.15. The van der Waals surface area contributed by atoms with Crippen molar-refractivity contribution < 1.29 is 31.9 Å². The summed E-state index contributed by atoms with van der Waals surface area (Å²) >= 11 is 0.916. The topological polar surface area (TPSA) is 152 Å². The lowest BCUT2D eigenvalue weighted by Gasteiger charge is -2.25. The third kappa shape index (κ3) is 7.53. The Morgan fingerprint density at radius 1 is 1.18 bits per heavy atom. The molecule has 0 unspecified atom stereocenters. The number of ether oxygens (including phenoxy) is 2. The third-order valence-electron chi connectivity index (χ3n) is 5.16. The van der Waals surface area contributed by atoms with Crippen molar-refractivity contribution in [2.75, 3.05) is 18.0 Å². The van der Waals surface area contributed by atoms with E-state index >= 15 is 0 Å².